The highest BCUT2D eigenvalue weighted by Gasteiger charge is 2.20. The number of para-hydroxylation sites is 2. The first-order valence-electron chi connectivity index (χ1n) is 14.7. The molecule has 0 aliphatic heterocycles. The Morgan fingerprint density at radius 3 is 1.87 bits per heavy atom. The van der Waals surface area contributed by atoms with Crippen molar-refractivity contribution in [2.45, 2.75) is 73.3 Å². The fourth-order valence-corrected chi connectivity index (χ4v) is 4.80. The second-order valence-electron chi connectivity index (χ2n) is 10.0. The van der Waals surface area contributed by atoms with E-state index in [1.807, 2.05) is 18.2 Å². The largest absolute Gasteiger partial charge is 0.355 e. The number of nitrogens with one attached hydrogen (secondary N) is 1. The maximum atomic E-state index is 9.96. The maximum Gasteiger partial charge on any atom is 0.0785 e. The molecule has 0 saturated carbocycles. The topological polar surface area (TPSA) is 15.3 Å². The SMILES string of the molecule is CCCCC(CC)N(c1ccccc1)c1ccc(C)cc1C.Cc1ccc(Nc2ccccc2)c(C)c1.[2H]CF. The smallest absolute Gasteiger partial charge is 0.0785 e. The third-order valence-electron chi connectivity index (χ3n) is 6.81. The highest BCUT2D eigenvalue weighted by molar-refractivity contribution is 5.67. The van der Waals surface area contributed by atoms with Gasteiger partial charge in [0.1, 0.15) is 0 Å². The van der Waals surface area contributed by atoms with E-state index in [1.165, 1.54) is 65.0 Å². The lowest BCUT2D eigenvalue weighted by molar-refractivity contribution is 0.550. The van der Waals surface area contributed by atoms with Crippen molar-refractivity contribution in [3.8, 4) is 0 Å². The van der Waals surface area contributed by atoms with Crippen LogP contribution in [0.3, 0.4) is 0 Å². The van der Waals surface area contributed by atoms with Gasteiger partial charge in [0.2, 0.25) is 0 Å². The molecule has 4 aromatic carbocycles. The van der Waals surface area contributed by atoms with E-state index in [4.69, 9.17) is 1.37 Å². The Balaban J connectivity index is 0.000000269. The van der Waals surface area contributed by atoms with Crippen LogP contribution < -0.4 is 10.2 Å². The molecular weight excluding hydrogens is 479 g/mol. The van der Waals surface area contributed by atoms with Crippen LogP contribution in [0, 0.1) is 27.7 Å². The standard InChI is InChI=1S/C21H29N.C14H15N.CH3F/c1-5-7-11-19(6-2)22(20-12-9-8-10-13-20)21-15-14-17(3)16-18(21)4;1-11-8-9-14(12(2)10-11)15-13-6-4-3-5-7-13;1-2/h8-10,12-16,19H,5-7,11H2,1-4H3;3-10,15H,1-2H3;1H3/i;;1D. The maximum absolute atomic E-state index is 9.96. The van der Waals surface area contributed by atoms with E-state index in [-0.39, 0.29) is 0 Å². The van der Waals surface area contributed by atoms with Crippen LogP contribution in [0.15, 0.2) is 97.1 Å². The van der Waals surface area contributed by atoms with Crippen molar-refractivity contribution in [1.82, 2.24) is 0 Å². The number of benzene rings is 4. The molecule has 0 saturated heterocycles. The monoisotopic (exact) mass is 527 g/mol. The fourth-order valence-electron chi connectivity index (χ4n) is 4.80. The van der Waals surface area contributed by atoms with E-state index in [0.717, 1.165) is 5.69 Å². The van der Waals surface area contributed by atoms with Crippen molar-refractivity contribution in [3.63, 3.8) is 0 Å². The molecule has 39 heavy (non-hydrogen) atoms. The molecule has 0 radical (unpaired) electrons. The molecule has 4 aromatic rings. The van der Waals surface area contributed by atoms with Crippen molar-refractivity contribution in [2.75, 3.05) is 17.4 Å². The van der Waals surface area contributed by atoms with E-state index in [0.29, 0.717) is 6.04 Å². The number of halogens is 1. The summed E-state index contributed by atoms with van der Waals surface area (Å²) in [7, 11) is -1.00. The Labute approximate surface area is 238 Å². The van der Waals surface area contributed by atoms with Crippen LogP contribution in [0.2, 0.25) is 0 Å². The summed E-state index contributed by atoms with van der Waals surface area (Å²) in [4.78, 5) is 2.55. The van der Waals surface area contributed by atoms with Crippen LogP contribution in [-0.4, -0.2) is 13.2 Å². The molecule has 208 valence electrons. The first-order valence-corrected chi connectivity index (χ1v) is 14.0. The minimum atomic E-state index is -1.00. The molecule has 1 atom stereocenters. The van der Waals surface area contributed by atoms with Gasteiger partial charge in [-0.25, -0.2) is 0 Å². The molecule has 4 rings (SSSR count). The zero-order chi connectivity index (χ0) is 29.3. The molecule has 3 heteroatoms. The zero-order valence-corrected chi connectivity index (χ0v) is 24.7. The lowest BCUT2D eigenvalue weighted by atomic mass is 10.0. The van der Waals surface area contributed by atoms with Gasteiger partial charge < -0.3 is 10.2 Å². The van der Waals surface area contributed by atoms with E-state index in [1.54, 1.807) is 0 Å². The first kappa shape index (κ1) is 30.0. The molecule has 0 heterocycles. The summed E-state index contributed by atoms with van der Waals surface area (Å²) in [6.45, 7) is 13.2. The van der Waals surface area contributed by atoms with Gasteiger partial charge >= 0.3 is 0 Å². The van der Waals surface area contributed by atoms with Crippen molar-refractivity contribution in [2.24, 2.45) is 0 Å². The fraction of sp³-hybridized carbons (Fsp3) is 0.333. The average Bonchev–Trinajstić information content (AvgIpc) is 2.95. The van der Waals surface area contributed by atoms with Gasteiger partial charge in [0.05, 0.1) is 8.52 Å². The molecule has 0 amide bonds. The van der Waals surface area contributed by atoms with Gasteiger partial charge in [0, 0.05) is 28.8 Å². The molecule has 0 fully saturated rings. The summed E-state index contributed by atoms with van der Waals surface area (Å²) in [5.74, 6) is 0. The van der Waals surface area contributed by atoms with Crippen molar-refractivity contribution >= 4 is 22.7 Å². The van der Waals surface area contributed by atoms with Crippen LogP contribution in [0.4, 0.5) is 27.1 Å². The second-order valence-corrected chi connectivity index (χ2v) is 10.0. The van der Waals surface area contributed by atoms with Crippen molar-refractivity contribution in [1.29, 1.82) is 0 Å². The third-order valence-corrected chi connectivity index (χ3v) is 6.81. The van der Waals surface area contributed by atoms with Crippen LogP contribution >= 0.6 is 0 Å². The molecule has 0 spiro atoms. The molecule has 0 aliphatic carbocycles. The van der Waals surface area contributed by atoms with Gasteiger partial charge in [-0.15, -0.1) is 0 Å². The van der Waals surface area contributed by atoms with E-state index < -0.39 is 7.15 Å². The molecule has 1 N–H and O–H groups in total. The molecule has 0 aromatic heterocycles. The van der Waals surface area contributed by atoms with Crippen LogP contribution in [0.25, 0.3) is 0 Å². The molecular formula is C36H47FN2. The summed E-state index contributed by atoms with van der Waals surface area (Å²) in [6.07, 6.45) is 4.95. The quantitative estimate of drug-likeness (QED) is 0.233. The minimum Gasteiger partial charge on any atom is -0.355 e. The summed E-state index contributed by atoms with van der Waals surface area (Å²) in [5, 5.41) is 3.40. The number of aryl methyl sites for hydroxylation is 4. The lowest BCUT2D eigenvalue weighted by Gasteiger charge is -2.35. The summed E-state index contributed by atoms with van der Waals surface area (Å²) < 4.78 is 15.5. The van der Waals surface area contributed by atoms with E-state index in [9.17, 15) is 4.39 Å². The first-order chi connectivity index (χ1) is 19.3. The second kappa shape index (κ2) is 17.1. The number of rotatable bonds is 9. The summed E-state index contributed by atoms with van der Waals surface area (Å²) in [5.41, 5.74) is 10.2. The minimum absolute atomic E-state index is 0.559. The number of anilines is 4. The predicted molar refractivity (Wildman–Crippen MR) is 171 cm³/mol. The number of nitrogens with zero attached hydrogens (tertiary/aromatic N) is 1. The van der Waals surface area contributed by atoms with Gasteiger partial charge in [-0.05, 0) is 88.1 Å². The predicted octanol–water partition coefficient (Wildman–Crippen LogP) is 11.0. The van der Waals surface area contributed by atoms with Gasteiger partial charge in [0.25, 0.3) is 0 Å². The molecule has 2 nitrogen and oxygen atoms in total. The molecule has 0 aliphatic rings. The average molecular weight is 528 g/mol. The van der Waals surface area contributed by atoms with Gasteiger partial charge in [0.15, 0.2) is 0 Å². The summed E-state index contributed by atoms with van der Waals surface area (Å²) in [6, 6.07) is 34.8. The normalized spacial score (nSPS) is 11.2. The summed E-state index contributed by atoms with van der Waals surface area (Å²) >= 11 is 0. The van der Waals surface area contributed by atoms with Crippen LogP contribution in [-0.2, 0) is 0 Å². The Hall–Kier alpha value is -3.59. The van der Waals surface area contributed by atoms with E-state index >= 15 is 0 Å². The van der Waals surface area contributed by atoms with Crippen molar-refractivity contribution in [3.05, 3.63) is 119 Å². The Kier molecular flexibility index (Phi) is 13.1. The van der Waals surface area contributed by atoms with Gasteiger partial charge in [-0.1, -0.05) is 98.5 Å². The zero-order valence-electron chi connectivity index (χ0n) is 25.7. The Morgan fingerprint density at radius 2 is 1.33 bits per heavy atom. The van der Waals surface area contributed by atoms with Gasteiger partial charge in [-0.2, -0.15) is 0 Å². The number of hydrogen-bond acceptors (Lipinski definition) is 2. The molecule has 0 bridgehead atoms. The van der Waals surface area contributed by atoms with Crippen molar-refractivity contribution < 1.29 is 5.76 Å². The highest BCUT2D eigenvalue weighted by atomic mass is 19.1. The number of unbranched alkanes of at least 4 members (excludes halogenated alkanes) is 1. The number of alkyl halides is 1. The van der Waals surface area contributed by atoms with Crippen LogP contribution in [0.1, 0.15) is 63.2 Å². The van der Waals surface area contributed by atoms with Gasteiger partial charge in [-0.3, -0.25) is 4.39 Å². The Bertz CT molecular complexity index is 1240. The van der Waals surface area contributed by atoms with Crippen LogP contribution in [0.5, 0.6) is 0 Å². The lowest BCUT2D eigenvalue weighted by Crippen LogP contribution is -2.31. The van der Waals surface area contributed by atoms with E-state index in [2.05, 4.69) is 131 Å². The molecule has 1 unspecified atom stereocenters. The third kappa shape index (κ3) is 9.90. The highest BCUT2D eigenvalue weighted by Crippen LogP contribution is 2.33. The number of hydrogen-bond donors (Lipinski definition) is 1. The Morgan fingerprint density at radius 1 is 0.769 bits per heavy atom.